The van der Waals surface area contributed by atoms with Crippen LogP contribution in [0.15, 0.2) is 48.5 Å². The number of carbonyl (C=O) groups is 1. The van der Waals surface area contributed by atoms with E-state index in [1.54, 1.807) is 0 Å². The molecule has 0 fully saturated rings. The maximum atomic E-state index is 12.9. The van der Waals surface area contributed by atoms with Gasteiger partial charge in [0.15, 0.2) is 0 Å². The van der Waals surface area contributed by atoms with Gasteiger partial charge in [0.1, 0.15) is 0 Å². The highest BCUT2D eigenvalue weighted by Gasteiger charge is 2.28. The monoisotopic (exact) mass is 342 g/mol. The third kappa shape index (κ3) is 3.80. The van der Waals surface area contributed by atoms with Crippen LogP contribution < -0.4 is 4.90 Å². The number of carbonyl (C=O) groups excluding carboxylic acids is 1. The van der Waals surface area contributed by atoms with Crippen molar-refractivity contribution in [2.24, 2.45) is 0 Å². The molecule has 1 atom stereocenters. The van der Waals surface area contributed by atoms with E-state index in [4.69, 9.17) is 11.6 Å². The molecule has 0 saturated carbocycles. The van der Waals surface area contributed by atoms with Crippen LogP contribution in [0, 0.1) is 0 Å². The molecule has 1 unspecified atom stereocenters. The number of hydrogen-bond acceptors (Lipinski definition) is 2. The normalized spacial score (nSPS) is 17.8. The Bertz CT molecular complexity index is 712. The molecule has 3 nitrogen and oxygen atoms in total. The van der Waals surface area contributed by atoms with Crippen LogP contribution in [0.2, 0.25) is 5.02 Å². The van der Waals surface area contributed by atoms with Gasteiger partial charge in [0.2, 0.25) is 5.91 Å². The first-order chi connectivity index (χ1) is 11.5. The quantitative estimate of drug-likeness (QED) is 0.839. The summed E-state index contributed by atoms with van der Waals surface area (Å²) in [6.07, 6.45) is 1.41. The molecule has 0 radical (unpaired) electrons. The van der Waals surface area contributed by atoms with E-state index in [1.807, 2.05) is 49.3 Å². The van der Waals surface area contributed by atoms with Gasteiger partial charge in [-0.1, -0.05) is 41.9 Å². The molecule has 24 heavy (non-hydrogen) atoms. The summed E-state index contributed by atoms with van der Waals surface area (Å²) in [5.74, 6) is 0.391. The van der Waals surface area contributed by atoms with Crippen molar-refractivity contribution < 1.29 is 4.79 Å². The van der Waals surface area contributed by atoms with Gasteiger partial charge in [-0.2, -0.15) is 0 Å². The number of benzene rings is 2. The summed E-state index contributed by atoms with van der Waals surface area (Å²) >= 11 is 6.01. The Morgan fingerprint density at radius 3 is 2.50 bits per heavy atom. The van der Waals surface area contributed by atoms with E-state index in [9.17, 15) is 4.79 Å². The second kappa shape index (κ2) is 7.37. The molecule has 0 saturated heterocycles. The van der Waals surface area contributed by atoms with Crippen LogP contribution in [-0.2, 0) is 11.2 Å². The van der Waals surface area contributed by atoms with E-state index in [0.717, 1.165) is 30.2 Å². The number of hydrogen-bond donors (Lipinski definition) is 0. The zero-order valence-electron chi connectivity index (χ0n) is 14.2. The van der Waals surface area contributed by atoms with Gasteiger partial charge in [-0.05, 0) is 55.8 Å². The topological polar surface area (TPSA) is 23.6 Å². The van der Waals surface area contributed by atoms with Crippen molar-refractivity contribution in [1.29, 1.82) is 0 Å². The van der Waals surface area contributed by atoms with Gasteiger partial charge in [0.25, 0.3) is 0 Å². The van der Waals surface area contributed by atoms with E-state index in [-0.39, 0.29) is 11.8 Å². The van der Waals surface area contributed by atoms with E-state index in [1.165, 1.54) is 11.1 Å². The zero-order chi connectivity index (χ0) is 17.1. The van der Waals surface area contributed by atoms with Gasteiger partial charge in [0, 0.05) is 30.2 Å². The Kier molecular flexibility index (Phi) is 5.22. The van der Waals surface area contributed by atoms with Gasteiger partial charge in [-0.3, -0.25) is 4.79 Å². The van der Waals surface area contributed by atoms with Crippen molar-refractivity contribution in [3.63, 3.8) is 0 Å². The molecule has 0 aromatic heterocycles. The summed E-state index contributed by atoms with van der Waals surface area (Å²) in [5, 5.41) is 0.728. The molecule has 0 spiro atoms. The number of halogens is 1. The number of para-hydroxylation sites is 1. The molecule has 1 aliphatic heterocycles. The molecule has 1 amide bonds. The Hall–Kier alpha value is -1.84. The SMILES string of the molecule is CN(C)CCN1C(=O)CC(c2ccc(Cl)cc2)Cc2ccccc21. The van der Waals surface area contributed by atoms with E-state index in [0.29, 0.717) is 6.42 Å². The average molecular weight is 343 g/mol. The predicted octanol–water partition coefficient (Wildman–Crippen LogP) is 3.96. The summed E-state index contributed by atoms with van der Waals surface area (Å²) in [6, 6.07) is 16.2. The van der Waals surface area contributed by atoms with Gasteiger partial charge in [-0.25, -0.2) is 0 Å². The van der Waals surface area contributed by atoms with Gasteiger partial charge in [-0.15, -0.1) is 0 Å². The number of nitrogens with zero attached hydrogens (tertiary/aromatic N) is 2. The number of rotatable bonds is 4. The summed E-state index contributed by atoms with van der Waals surface area (Å²) in [4.78, 5) is 17.0. The summed E-state index contributed by atoms with van der Waals surface area (Å²) in [6.45, 7) is 1.57. The lowest BCUT2D eigenvalue weighted by Crippen LogP contribution is -2.36. The fraction of sp³-hybridized carbons (Fsp3) is 0.350. The van der Waals surface area contributed by atoms with Crippen LogP contribution in [0.4, 0.5) is 5.69 Å². The van der Waals surface area contributed by atoms with E-state index in [2.05, 4.69) is 23.1 Å². The molecule has 0 N–H and O–H groups in total. The molecular formula is C20H23ClN2O. The van der Waals surface area contributed by atoms with Crippen LogP contribution in [0.25, 0.3) is 0 Å². The first-order valence-corrected chi connectivity index (χ1v) is 8.71. The maximum absolute atomic E-state index is 12.9. The van der Waals surface area contributed by atoms with Gasteiger partial charge < -0.3 is 9.80 Å². The molecule has 4 heteroatoms. The van der Waals surface area contributed by atoms with Crippen molar-refractivity contribution >= 4 is 23.2 Å². The molecule has 0 aliphatic carbocycles. The highest BCUT2D eigenvalue weighted by molar-refractivity contribution is 6.30. The Labute approximate surface area is 148 Å². The largest absolute Gasteiger partial charge is 0.311 e. The van der Waals surface area contributed by atoms with Crippen molar-refractivity contribution in [1.82, 2.24) is 4.90 Å². The fourth-order valence-corrected chi connectivity index (χ4v) is 3.38. The first-order valence-electron chi connectivity index (χ1n) is 8.33. The molecular weight excluding hydrogens is 320 g/mol. The first kappa shape index (κ1) is 17.0. The number of amides is 1. The fourth-order valence-electron chi connectivity index (χ4n) is 3.26. The van der Waals surface area contributed by atoms with Crippen molar-refractivity contribution in [3.8, 4) is 0 Å². The minimum atomic E-state index is 0.195. The van der Waals surface area contributed by atoms with Crippen molar-refractivity contribution in [2.45, 2.75) is 18.8 Å². The third-order valence-corrected chi connectivity index (χ3v) is 4.84. The van der Waals surface area contributed by atoms with Crippen LogP contribution in [-0.4, -0.2) is 38.0 Å². The highest BCUT2D eigenvalue weighted by atomic mass is 35.5. The standard InChI is InChI=1S/C20H23ClN2O/c1-22(2)11-12-23-19-6-4-3-5-16(19)13-17(14-20(23)24)15-7-9-18(21)10-8-15/h3-10,17H,11-14H2,1-2H3. The third-order valence-electron chi connectivity index (χ3n) is 4.58. The minimum Gasteiger partial charge on any atom is -0.311 e. The van der Waals surface area contributed by atoms with E-state index >= 15 is 0 Å². The Balaban J connectivity index is 1.92. The van der Waals surface area contributed by atoms with Crippen LogP contribution in [0.1, 0.15) is 23.5 Å². The minimum absolute atomic E-state index is 0.195. The Morgan fingerprint density at radius 2 is 1.79 bits per heavy atom. The number of likely N-dealkylation sites (N-methyl/N-ethyl adjacent to an activating group) is 1. The van der Waals surface area contributed by atoms with E-state index < -0.39 is 0 Å². The second-order valence-electron chi connectivity index (χ2n) is 6.63. The highest BCUT2D eigenvalue weighted by Crippen LogP contribution is 2.34. The van der Waals surface area contributed by atoms with Gasteiger partial charge >= 0.3 is 0 Å². The smallest absolute Gasteiger partial charge is 0.227 e. The molecule has 3 rings (SSSR count). The van der Waals surface area contributed by atoms with Gasteiger partial charge in [0.05, 0.1) is 0 Å². The molecule has 1 heterocycles. The number of fused-ring (bicyclic) bond motifs is 1. The lowest BCUT2D eigenvalue weighted by molar-refractivity contribution is -0.118. The summed E-state index contributed by atoms with van der Waals surface area (Å²) in [5.41, 5.74) is 3.47. The van der Waals surface area contributed by atoms with Crippen LogP contribution in [0.5, 0.6) is 0 Å². The summed E-state index contributed by atoms with van der Waals surface area (Å²) in [7, 11) is 4.06. The average Bonchev–Trinajstić information content (AvgIpc) is 2.69. The predicted molar refractivity (Wildman–Crippen MR) is 99.9 cm³/mol. The lowest BCUT2D eigenvalue weighted by Gasteiger charge is -2.24. The molecule has 126 valence electrons. The van der Waals surface area contributed by atoms with Crippen LogP contribution in [0.3, 0.4) is 0 Å². The molecule has 1 aliphatic rings. The van der Waals surface area contributed by atoms with Crippen molar-refractivity contribution in [2.75, 3.05) is 32.1 Å². The Morgan fingerprint density at radius 1 is 1.08 bits per heavy atom. The lowest BCUT2D eigenvalue weighted by atomic mass is 9.90. The molecule has 0 bridgehead atoms. The zero-order valence-corrected chi connectivity index (χ0v) is 15.0. The molecule has 2 aromatic carbocycles. The second-order valence-corrected chi connectivity index (χ2v) is 7.07. The number of anilines is 1. The van der Waals surface area contributed by atoms with Crippen molar-refractivity contribution in [3.05, 3.63) is 64.7 Å². The maximum Gasteiger partial charge on any atom is 0.227 e. The summed E-state index contributed by atoms with van der Waals surface area (Å²) < 4.78 is 0. The molecule has 2 aromatic rings. The van der Waals surface area contributed by atoms with Crippen LogP contribution >= 0.6 is 11.6 Å².